The number of rotatable bonds is 2. The molecule has 15 heavy (non-hydrogen) atoms. The highest BCUT2D eigenvalue weighted by Gasteiger charge is 2.20. The smallest absolute Gasteiger partial charge is 0.418 e. The normalized spacial score (nSPS) is 12.7. The van der Waals surface area contributed by atoms with Gasteiger partial charge in [0.25, 0.3) is 0 Å². The van der Waals surface area contributed by atoms with Gasteiger partial charge >= 0.3 is 7.25 Å². The lowest BCUT2D eigenvalue weighted by atomic mass is 10.3. The highest BCUT2D eigenvalue weighted by atomic mass is 32.2. The van der Waals surface area contributed by atoms with Gasteiger partial charge < -0.3 is 17.3 Å². The average molecular weight is 242 g/mol. The standard InChI is InChI=1S/C8H11OS.BF4/c1-9-10(2)8-6-4-3-5-7-8;2-1(3,4)5/h3-7H,1-2H3;/q+1;-1. The summed E-state index contributed by atoms with van der Waals surface area (Å²) in [5, 5.41) is 0. The second kappa shape index (κ2) is 6.74. The van der Waals surface area contributed by atoms with Crippen molar-refractivity contribution in [2.24, 2.45) is 0 Å². The first-order valence-electron chi connectivity index (χ1n) is 3.97. The third kappa shape index (κ3) is 9.62. The van der Waals surface area contributed by atoms with E-state index in [0.29, 0.717) is 0 Å². The van der Waals surface area contributed by atoms with E-state index in [0.717, 1.165) is 0 Å². The molecule has 0 N–H and O–H groups in total. The fourth-order valence-corrected chi connectivity index (χ4v) is 1.44. The molecule has 0 heterocycles. The molecule has 0 radical (unpaired) electrons. The van der Waals surface area contributed by atoms with E-state index in [1.165, 1.54) is 4.90 Å². The van der Waals surface area contributed by atoms with E-state index >= 15 is 0 Å². The van der Waals surface area contributed by atoms with Gasteiger partial charge in [0, 0.05) is 0 Å². The summed E-state index contributed by atoms with van der Waals surface area (Å²) >= 11 is -0.0404. The van der Waals surface area contributed by atoms with Gasteiger partial charge in [0.1, 0.15) is 6.26 Å². The van der Waals surface area contributed by atoms with Crippen LogP contribution in [0.2, 0.25) is 0 Å². The van der Waals surface area contributed by atoms with Crippen molar-refractivity contribution in [3.05, 3.63) is 30.3 Å². The van der Waals surface area contributed by atoms with Gasteiger partial charge in [-0.05, 0) is 12.1 Å². The van der Waals surface area contributed by atoms with Gasteiger partial charge in [0.05, 0.1) is 7.11 Å². The Labute approximate surface area is 89.1 Å². The van der Waals surface area contributed by atoms with E-state index < -0.39 is 7.25 Å². The van der Waals surface area contributed by atoms with Crippen LogP contribution >= 0.6 is 0 Å². The summed E-state index contributed by atoms with van der Waals surface area (Å²) in [6.07, 6.45) is 2.06. The van der Waals surface area contributed by atoms with Crippen LogP contribution in [0.5, 0.6) is 0 Å². The van der Waals surface area contributed by atoms with Crippen LogP contribution in [0.25, 0.3) is 0 Å². The van der Waals surface area contributed by atoms with Crippen LogP contribution in [0.15, 0.2) is 35.2 Å². The summed E-state index contributed by atoms with van der Waals surface area (Å²) in [6.45, 7) is 0. The Kier molecular flexibility index (Phi) is 6.43. The van der Waals surface area contributed by atoms with Crippen molar-refractivity contribution >= 4 is 18.4 Å². The number of hydrogen-bond acceptors (Lipinski definition) is 1. The third-order valence-corrected chi connectivity index (χ3v) is 2.76. The Morgan fingerprint density at radius 3 is 1.80 bits per heavy atom. The maximum atomic E-state index is 9.75. The fraction of sp³-hybridized carbons (Fsp3) is 0.250. The van der Waals surface area contributed by atoms with Crippen LogP contribution in [-0.2, 0) is 15.4 Å². The van der Waals surface area contributed by atoms with Crippen molar-refractivity contribution in [1.82, 2.24) is 0 Å². The molecule has 0 bridgehead atoms. The lowest BCUT2D eigenvalue weighted by Crippen LogP contribution is -2.02. The average Bonchev–Trinajstić information content (AvgIpc) is 2.15. The summed E-state index contributed by atoms with van der Waals surface area (Å²) < 4.78 is 44.2. The zero-order valence-electron chi connectivity index (χ0n) is 8.29. The second-order valence-corrected chi connectivity index (χ2v) is 4.14. The zero-order valence-corrected chi connectivity index (χ0v) is 9.11. The third-order valence-electron chi connectivity index (χ3n) is 1.33. The Hall–Kier alpha value is -0.685. The molecule has 1 aromatic carbocycles. The fourth-order valence-electron chi connectivity index (χ4n) is 0.708. The number of hydrogen-bond donors (Lipinski definition) is 0. The molecule has 1 nitrogen and oxygen atoms in total. The molecule has 1 rings (SSSR count). The Balaban J connectivity index is 0.000000336. The van der Waals surface area contributed by atoms with Gasteiger partial charge in [0.2, 0.25) is 0 Å². The summed E-state index contributed by atoms with van der Waals surface area (Å²) in [4.78, 5) is 1.25. The molecule has 7 heteroatoms. The largest absolute Gasteiger partial charge is 0.673 e. The zero-order chi connectivity index (χ0) is 11.9. The van der Waals surface area contributed by atoms with Crippen molar-refractivity contribution in [1.29, 1.82) is 0 Å². The van der Waals surface area contributed by atoms with Crippen LogP contribution in [0, 0.1) is 0 Å². The molecule has 0 amide bonds. The maximum absolute atomic E-state index is 9.75. The molecule has 0 aliphatic rings. The summed E-state index contributed by atoms with van der Waals surface area (Å²) in [5.41, 5.74) is 0. The predicted octanol–water partition coefficient (Wildman–Crippen LogP) is 3.16. The van der Waals surface area contributed by atoms with Crippen molar-refractivity contribution < 1.29 is 21.4 Å². The van der Waals surface area contributed by atoms with Gasteiger partial charge in [-0.2, -0.15) is 4.18 Å². The molecule has 1 aromatic rings. The molecule has 0 saturated carbocycles. The number of benzene rings is 1. The Morgan fingerprint density at radius 1 is 1.07 bits per heavy atom. The second-order valence-electron chi connectivity index (χ2n) is 2.43. The van der Waals surface area contributed by atoms with E-state index in [-0.39, 0.29) is 11.2 Å². The molecule has 0 aromatic heterocycles. The topological polar surface area (TPSA) is 9.23 Å². The molecular weight excluding hydrogens is 231 g/mol. The van der Waals surface area contributed by atoms with Crippen molar-refractivity contribution in [2.75, 3.05) is 13.4 Å². The summed E-state index contributed by atoms with van der Waals surface area (Å²) in [5.74, 6) is 0. The van der Waals surface area contributed by atoms with Gasteiger partial charge in [-0.1, -0.05) is 18.2 Å². The predicted molar refractivity (Wildman–Crippen MR) is 55.2 cm³/mol. The maximum Gasteiger partial charge on any atom is 0.673 e. The first-order chi connectivity index (χ1) is 6.84. The lowest BCUT2D eigenvalue weighted by molar-refractivity contribution is 0.368. The highest BCUT2D eigenvalue weighted by Crippen LogP contribution is 2.09. The summed E-state index contributed by atoms with van der Waals surface area (Å²) in [6, 6.07) is 10.2. The molecule has 0 saturated heterocycles. The Bertz CT molecular complexity index is 261. The van der Waals surface area contributed by atoms with E-state index in [9.17, 15) is 17.3 Å². The van der Waals surface area contributed by atoms with Crippen LogP contribution in [-0.4, -0.2) is 20.6 Å². The molecule has 1 atom stereocenters. The van der Waals surface area contributed by atoms with Gasteiger partial charge in [0.15, 0.2) is 16.1 Å². The number of halogens is 4. The molecule has 1 unspecified atom stereocenters. The van der Waals surface area contributed by atoms with Crippen LogP contribution in [0.4, 0.5) is 17.3 Å². The first-order valence-corrected chi connectivity index (χ1v) is 5.53. The minimum Gasteiger partial charge on any atom is -0.418 e. The Morgan fingerprint density at radius 2 is 1.47 bits per heavy atom. The van der Waals surface area contributed by atoms with Crippen molar-refractivity contribution in [2.45, 2.75) is 4.90 Å². The van der Waals surface area contributed by atoms with E-state index in [2.05, 4.69) is 18.4 Å². The molecular formula is C8H11BF4OS. The quantitative estimate of drug-likeness (QED) is 0.439. The van der Waals surface area contributed by atoms with E-state index in [1.807, 2.05) is 18.2 Å². The monoisotopic (exact) mass is 242 g/mol. The van der Waals surface area contributed by atoms with Crippen LogP contribution in [0.3, 0.4) is 0 Å². The van der Waals surface area contributed by atoms with Gasteiger partial charge in [-0.3, -0.25) is 0 Å². The van der Waals surface area contributed by atoms with E-state index in [1.54, 1.807) is 7.11 Å². The van der Waals surface area contributed by atoms with Crippen molar-refractivity contribution in [3.8, 4) is 0 Å². The lowest BCUT2D eigenvalue weighted by Gasteiger charge is -1.94. The molecule has 0 fully saturated rings. The minimum absolute atomic E-state index is 0.0404. The minimum atomic E-state index is -6.00. The molecule has 0 aliphatic carbocycles. The van der Waals surface area contributed by atoms with Crippen LogP contribution in [0.1, 0.15) is 0 Å². The highest BCUT2D eigenvalue weighted by molar-refractivity contribution is 7.91. The van der Waals surface area contributed by atoms with Crippen LogP contribution < -0.4 is 0 Å². The summed E-state index contributed by atoms with van der Waals surface area (Å²) in [7, 11) is -4.27. The van der Waals surface area contributed by atoms with Gasteiger partial charge in [-0.15, -0.1) is 0 Å². The van der Waals surface area contributed by atoms with Crippen molar-refractivity contribution in [3.63, 3.8) is 0 Å². The SMILES string of the molecule is CO[S+](C)c1ccccc1.F[B-](F)(F)F. The van der Waals surface area contributed by atoms with E-state index in [4.69, 9.17) is 4.18 Å². The molecule has 86 valence electrons. The molecule has 0 aliphatic heterocycles. The van der Waals surface area contributed by atoms with Gasteiger partial charge in [-0.25, -0.2) is 0 Å². The first kappa shape index (κ1) is 14.3. The molecule has 0 spiro atoms.